The number of aryl methyl sites for hydroxylation is 1. The first-order valence-electron chi connectivity index (χ1n) is 6.00. The minimum Gasteiger partial charge on any atom is -0.478 e. The molecule has 0 amide bonds. The standard InChI is InChI=1S/C13H17NO2S/c1-9-6-7-11(13(15)16)12(14-9)17-8-10-4-2-3-5-10/h6-7,10H,2-5,8H2,1H3,(H,15,16). The Hall–Kier alpha value is -1.03. The molecule has 1 heterocycles. The van der Waals surface area contributed by atoms with Gasteiger partial charge < -0.3 is 5.11 Å². The number of carboxylic acids is 1. The molecule has 0 spiro atoms. The molecule has 1 saturated carbocycles. The predicted molar refractivity (Wildman–Crippen MR) is 68.6 cm³/mol. The topological polar surface area (TPSA) is 50.2 Å². The fourth-order valence-electron chi connectivity index (χ4n) is 2.18. The van der Waals surface area contributed by atoms with Crippen molar-refractivity contribution in [1.82, 2.24) is 4.98 Å². The van der Waals surface area contributed by atoms with E-state index in [9.17, 15) is 4.79 Å². The first-order chi connectivity index (χ1) is 8.16. The molecule has 0 radical (unpaired) electrons. The highest BCUT2D eigenvalue weighted by molar-refractivity contribution is 7.99. The fourth-order valence-corrected chi connectivity index (χ4v) is 3.43. The van der Waals surface area contributed by atoms with E-state index in [2.05, 4.69) is 4.98 Å². The van der Waals surface area contributed by atoms with Gasteiger partial charge in [0.1, 0.15) is 5.03 Å². The van der Waals surface area contributed by atoms with Crippen LogP contribution in [0.25, 0.3) is 0 Å². The number of aromatic nitrogens is 1. The number of hydrogen-bond donors (Lipinski definition) is 1. The zero-order valence-corrected chi connectivity index (χ0v) is 10.8. The van der Waals surface area contributed by atoms with E-state index in [4.69, 9.17) is 5.11 Å². The van der Waals surface area contributed by atoms with Gasteiger partial charge >= 0.3 is 5.97 Å². The molecule has 92 valence electrons. The van der Waals surface area contributed by atoms with Crippen molar-refractivity contribution in [2.24, 2.45) is 5.92 Å². The maximum absolute atomic E-state index is 11.1. The summed E-state index contributed by atoms with van der Waals surface area (Å²) in [6, 6.07) is 3.41. The minimum atomic E-state index is -0.883. The molecule has 2 rings (SSSR count). The number of hydrogen-bond acceptors (Lipinski definition) is 3. The highest BCUT2D eigenvalue weighted by Crippen LogP contribution is 2.31. The lowest BCUT2D eigenvalue weighted by Crippen LogP contribution is -2.04. The molecule has 0 atom stereocenters. The van der Waals surface area contributed by atoms with Crippen LogP contribution in [-0.4, -0.2) is 21.8 Å². The van der Waals surface area contributed by atoms with Crippen molar-refractivity contribution in [2.45, 2.75) is 37.6 Å². The summed E-state index contributed by atoms with van der Waals surface area (Å²) >= 11 is 1.59. The third-order valence-corrected chi connectivity index (χ3v) is 4.38. The second-order valence-corrected chi connectivity index (χ2v) is 5.58. The summed E-state index contributed by atoms with van der Waals surface area (Å²) in [4.78, 5) is 15.4. The lowest BCUT2D eigenvalue weighted by Gasteiger charge is -2.09. The maximum atomic E-state index is 11.1. The van der Waals surface area contributed by atoms with Crippen LogP contribution in [0, 0.1) is 12.8 Å². The third-order valence-electron chi connectivity index (χ3n) is 3.16. The van der Waals surface area contributed by atoms with Crippen LogP contribution in [-0.2, 0) is 0 Å². The Morgan fingerprint density at radius 1 is 1.47 bits per heavy atom. The maximum Gasteiger partial charge on any atom is 0.338 e. The molecule has 1 aromatic heterocycles. The number of thioether (sulfide) groups is 1. The van der Waals surface area contributed by atoms with Gasteiger partial charge in [-0.05, 0) is 37.8 Å². The molecule has 1 aliphatic carbocycles. The molecular weight excluding hydrogens is 234 g/mol. The van der Waals surface area contributed by atoms with E-state index in [1.54, 1.807) is 23.9 Å². The molecule has 1 fully saturated rings. The highest BCUT2D eigenvalue weighted by atomic mass is 32.2. The number of nitrogens with zero attached hydrogens (tertiary/aromatic N) is 1. The average Bonchev–Trinajstić information content (AvgIpc) is 2.78. The van der Waals surface area contributed by atoms with Gasteiger partial charge in [0.2, 0.25) is 0 Å². The number of rotatable bonds is 4. The zero-order chi connectivity index (χ0) is 12.3. The average molecular weight is 251 g/mol. The van der Waals surface area contributed by atoms with Crippen molar-refractivity contribution in [3.05, 3.63) is 23.4 Å². The molecule has 0 unspecified atom stereocenters. The summed E-state index contributed by atoms with van der Waals surface area (Å²) in [5.74, 6) is 0.854. The second-order valence-electron chi connectivity index (χ2n) is 4.57. The Bertz CT molecular complexity index is 414. The molecule has 1 N–H and O–H groups in total. The van der Waals surface area contributed by atoms with Crippen molar-refractivity contribution in [2.75, 3.05) is 5.75 Å². The van der Waals surface area contributed by atoms with Gasteiger partial charge in [0.05, 0.1) is 5.56 Å². The molecule has 3 nitrogen and oxygen atoms in total. The quantitative estimate of drug-likeness (QED) is 0.833. The van der Waals surface area contributed by atoms with Gasteiger partial charge in [-0.15, -0.1) is 11.8 Å². The number of pyridine rings is 1. The summed E-state index contributed by atoms with van der Waals surface area (Å²) in [7, 11) is 0. The van der Waals surface area contributed by atoms with Gasteiger partial charge in [0.15, 0.2) is 0 Å². The second kappa shape index (κ2) is 5.54. The van der Waals surface area contributed by atoms with Crippen LogP contribution in [0.15, 0.2) is 17.2 Å². The van der Waals surface area contributed by atoms with Crippen molar-refractivity contribution in [3.8, 4) is 0 Å². The van der Waals surface area contributed by atoms with Gasteiger partial charge in [-0.1, -0.05) is 12.8 Å². The van der Waals surface area contributed by atoms with Gasteiger partial charge in [0, 0.05) is 11.4 Å². The van der Waals surface area contributed by atoms with Crippen LogP contribution in [0.5, 0.6) is 0 Å². The molecule has 1 aromatic rings. The van der Waals surface area contributed by atoms with E-state index in [1.807, 2.05) is 6.92 Å². The summed E-state index contributed by atoms with van der Waals surface area (Å²) in [6.07, 6.45) is 5.19. The zero-order valence-electron chi connectivity index (χ0n) is 9.98. The molecule has 0 saturated heterocycles. The molecular formula is C13H17NO2S. The molecule has 0 aromatic carbocycles. The van der Waals surface area contributed by atoms with Gasteiger partial charge in [-0.3, -0.25) is 0 Å². The van der Waals surface area contributed by atoms with Crippen LogP contribution in [0.1, 0.15) is 41.7 Å². The Morgan fingerprint density at radius 3 is 2.82 bits per heavy atom. The number of aromatic carboxylic acids is 1. The third kappa shape index (κ3) is 3.22. The van der Waals surface area contributed by atoms with E-state index in [0.29, 0.717) is 10.6 Å². The van der Waals surface area contributed by atoms with Crippen LogP contribution < -0.4 is 0 Å². The molecule has 1 aliphatic rings. The lowest BCUT2D eigenvalue weighted by atomic mass is 10.1. The predicted octanol–water partition coefficient (Wildman–Crippen LogP) is 3.37. The summed E-state index contributed by atoms with van der Waals surface area (Å²) in [6.45, 7) is 1.89. The lowest BCUT2D eigenvalue weighted by molar-refractivity contribution is 0.0692. The van der Waals surface area contributed by atoms with Crippen LogP contribution in [0.3, 0.4) is 0 Å². The Kier molecular flexibility index (Phi) is 4.05. The number of carbonyl (C=O) groups is 1. The van der Waals surface area contributed by atoms with E-state index in [0.717, 1.165) is 17.4 Å². The SMILES string of the molecule is Cc1ccc(C(=O)O)c(SCC2CCCC2)n1. The van der Waals surface area contributed by atoms with E-state index in [-0.39, 0.29) is 0 Å². The van der Waals surface area contributed by atoms with E-state index < -0.39 is 5.97 Å². The van der Waals surface area contributed by atoms with Crippen molar-refractivity contribution in [1.29, 1.82) is 0 Å². The largest absolute Gasteiger partial charge is 0.478 e. The minimum absolute atomic E-state index is 0.332. The smallest absolute Gasteiger partial charge is 0.338 e. The van der Waals surface area contributed by atoms with Crippen LogP contribution in [0.2, 0.25) is 0 Å². The Labute approximate surface area is 106 Å². The summed E-state index contributed by atoms with van der Waals surface area (Å²) in [5, 5.41) is 9.77. The number of carboxylic acid groups (broad SMARTS) is 1. The van der Waals surface area contributed by atoms with Crippen molar-refractivity contribution in [3.63, 3.8) is 0 Å². The molecule has 0 bridgehead atoms. The Morgan fingerprint density at radius 2 is 2.18 bits per heavy atom. The summed E-state index contributed by atoms with van der Waals surface area (Å²) in [5.41, 5.74) is 1.21. The van der Waals surface area contributed by atoms with Crippen molar-refractivity contribution >= 4 is 17.7 Å². The molecule has 0 aliphatic heterocycles. The van der Waals surface area contributed by atoms with E-state index in [1.165, 1.54) is 25.7 Å². The van der Waals surface area contributed by atoms with Crippen LogP contribution >= 0.6 is 11.8 Å². The fraction of sp³-hybridized carbons (Fsp3) is 0.538. The summed E-state index contributed by atoms with van der Waals surface area (Å²) < 4.78 is 0. The van der Waals surface area contributed by atoms with Crippen LogP contribution in [0.4, 0.5) is 0 Å². The first-order valence-corrected chi connectivity index (χ1v) is 6.99. The van der Waals surface area contributed by atoms with Crippen molar-refractivity contribution < 1.29 is 9.90 Å². The van der Waals surface area contributed by atoms with Gasteiger partial charge in [0.25, 0.3) is 0 Å². The monoisotopic (exact) mass is 251 g/mol. The Balaban J connectivity index is 2.07. The highest BCUT2D eigenvalue weighted by Gasteiger charge is 2.18. The normalized spacial score (nSPS) is 16.3. The van der Waals surface area contributed by atoms with Gasteiger partial charge in [-0.2, -0.15) is 0 Å². The first kappa shape index (κ1) is 12.4. The van der Waals surface area contributed by atoms with Gasteiger partial charge in [-0.25, -0.2) is 9.78 Å². The van der Waals surface area contributed by atoms with E-state index >= 15 is 0 Å². The molecule has 17 heavy (non-hydrogen) atoms. The molecule has 4 heteroatoms.